The van der Waals surface area contributed by atoms with Crippen LogP contribution in [0.1, 0.15) is 35.7 Å². The summed E-state index contributed by atoms with van der Waals surface area (Å²) in [5.41, 5.74) is 14.5. The number of carbonyl (C=O) groups is 2. The van der Waals surface area contributed by atoms with Crippen LogP contribution in [-0.4, -0.2) is 37.8 Å². The smallest absolute Gasteiger partial charge is 0.281 e. The summed E-state index contributed by atoms with van der Waals surface area (Å²) in [4.78, 5) is 35.5. The molecule has 1 amide bonds. The fourth-order valence-electron chi connectivity index (χ4n) is 3.69. The first kappa shape index (κ1) is 20.4. The molecule has 0 spiro atoms. The van der Waals surface area contributed by atoms with Crippen LogP contribution in [0.3, 0.4) is 0 Å². The van der Waals surface area contributed by atoms with Gasteiger partial charge < -0.3 is 16.3 Å². The number of aldehydes is 1. The van der Waals surface area contributed by atoms with Gasteiger partial charge in [0.2, 0.25) is 5.95 Å². The molecule has 0 bridgehead atoms. The zero-order valence-electron chi connectivity index (χ0n) is 17.1. The zero-order valence-corrected chi connectivity index (χ0v) is 17.1. The molecule has 2 aromatic heterocycles. The van der Waals surface area contributed by atoms with Crippen LogP contribution in [0.4, 0.5) is 5.95 Å². The number of nitrogen functional groups attached to an aromatic ring is 1. The number of hydrogen-bond acceptors (Lipinski definition) is 6. The van der Waals surface area contributed by atoms with Gasteiger partial charge in [-0.15, -0.1) is 0 Å². The van der Waals surface area contributed by atoms with Crippen LogP contribution in [0.5, 0.6) is 0 Å². The highest BCUT2D eigenvalue weighted by atomic mass is 16.1. The van der Waals surface area contributed by atoms with Crippen LogP contribution < -0.4 is 11.5 Å². The van der Waals surface area contributed by atoms with Gasteiger partial charge in [-0.2, -0.15) is 10.1 Å². The number of aromatic nitrogens is 4. The highest BCUT2D eigenvalue weighted by molar-refractivity contribution is 6.06. The molecule has 3 aromatic rings. The fourth-order valence-corrected chi connectivity index (χ4v) is 3.69. The molecule has 1 atom stereocenters. The van der Waals surface area contributed by atoms with Gasteiger partial charge in [0.15, 0.2) is 0 Å². The fraction of sp³-hybridized carbons (Fsp3) is 0.273. The molecule has 1 fully saturated rings. The monoisotopic (exact) mass is 417 g/mol. The van der Waals surface area contributed by atoms with Gasteiger partial charge in [-0.05, 0) is 36.8 Å². The number of nitrogens with zero attached hydrogens (tertiary/aromatic N) is 5. The van der Waals surface area contributed by atoms with Crippen molar-refractivity contribution in [3.05, 3.63) is 60.2 Å². The van der Waals surface area contributed by atoms with Crippen LogP contribution in [0.2, 0.25) is 0 Å². The largest absolute Gasteiger partial charge is 0.386 e. The number of hydrogen-bond donors (Lipinski definition) is 2. The number of amides is 1. The molecule has 0 radical (unpaired) electrons. The van der Waals surface area contributed by atoms with Gasteiger partial charge >= 0.3 is 0 Å². The molecule has 1 saturated carbocycles. The van der Waals surface area contributed by atoms with Crippen LogP contribution in [-0.2, 0) is 16.8 Å². The third kappa shape index (κ3) is 4.07. The second-order valence-electron chi connectivity index (χ2n) is 7.80. The summed E-state index contributed by atoms with van der Waals surface area (Å²) >= 11 is 0. The predicted octanol–water partition coefficient (Wildman–Crippen LogP) is 1.99. The summed E-state index contributed by atoms with van der Waals surface area (Å²) < 4.78 is 1.38. The van der Waals surface area contributed by atoms with Crippen LogP contribution in [0.25, 0.3) is 11.1 Å². The lowest BCUT2D eigenvalue weighted by molar-refractivity contribution is -0.108. The number of anilines is 1. The van der Waals surface area contributed by atoms with E-state index in [1.807, 2.05) is 31.2 Å². The van der Waals surface area contributed by atoms with E-state index in [-0.39, 0.29) is 18.3 Å². The molecular weight excluding hydrogens is 394 g/mol. The summed E-state index contributed by atoms with van der Waals surface area (Å²) in [6, 6.07) is 7.95. The van der Waals surface area contributed by atoms with E-state index in [1.54, 1.807) is 12.4 Å². The lowest BCUT2D eigenvalue weighted by Crippen LogP contribution is -2.41. The van der Waals surface area contributed by atoms with Crippen molar-refractivity contribution in [3.63, 3.8) is 0 Å². The summed E-state index contributed by atoms with van der Waals surface area (Å²) in [6.07, 6.45) is 8.99. The minimum atomic E-state index is -0.565. The SMILES string of the molecule is C[C@](C(N)=NC(=O)c1cnn(CC=O)c1)(c1ccc(-c2cnc(N)nc2)cc1)C1CC1. The van der Waals surface area contributed by atoms with Crippen molar-refractivity contribution in [3.8, 4) is 11.1 Å². The van der Waals surface area contributed by atoms with E-state index >= 15 is 0 Å². The molecule has 1 aromatic carbocycles. The maximum Gasteiger partial charge on any atom is 0.281 e. The molecule has 31 heavy (non-hydrogen) atoms. The van der Waals surface area contributed by atoms with Gasteiger partial charge in [0.1, 0.15) is 12.1 Å². The number of aliphatic imine (C=N–C) groups is 1. The normalized spacial score (nSPS) is 16.0. The molecule has 2 heterocycles. The summed E-state index contributed by atoms with van der Waals surface area (Å²) in [7, 11) is 0. The van der Waals surface area contributed by atoms with E-state index in [9.17, 15) is 9.59 Å². The lowest BCUT2D eigenvalue weighted by Gasteiger charge is -2.30. The Hall–Kier alpha value is -3.88. The van der Waals surface area contributed by atoms with Gasteiger partial charge in [-0.25, -0.2) is 9.97 Å². The lowest BCUT2D eigenvalue weighted by atomic mass is 9.76. The van der Waals surface area contributed by atoms with Crippen LogP contribution in [0, 0.1) is 5.92 Å². The Kier molecular flexibility index (Phi) is 5.33. The van der Waals surface area contributed by atoms with Crippen molar-refractivity contribution in [2.75, 3.05) is 5.73 Å². The Bertz CT molecular complexity index is 1130. The second-order valence-corrected chi connectivity index (χ2v) is 7.80. The highest BCUT2D eigenvalue weighted by Gasteiger charge is 2.46. The molecule has 0 aliphatic heterocycles. The molecular formula is C22H23N7O2. The van der Waals surface area contributed by atoms with Crippen molar-refractivity contribution in [2.24, 2.45) is 16.6 Å². The van der Waals surface area contributed by atoms with Gasteiger partial charge in [0.05, 0.1) is 23.7 Å². The standard InChI is InChI=1S/C22H23N7O2/c1-22(18-6-7-18,20(23)28-19(31)16-12-27-29(13-16)8-9-30)17-4-2-14(3-5-17)15-10-25-21(24)26-11-15/h2-5,9-13,18H,6-8H2,1H3,(H2,23,28,31)(H2,24,25,26)/t22-/m0/s1. The Labute approximate surface area is 179 Å². The number of rotatable bonds is 7. The molecule has 1 aliphatic rings. The van der Waals surface area contributed by atoms with E-state index in [1.165, 1.54) is 17.1 Å². The first-order valence-electron chi connectivity index (χ1n) is 9.95. The van der Waals surface area contributed by atoms with Crippen molar-refractivity contribution in [2.45, 2.75) is 31.7 Å². The topological polar surface area (TPSA) is 142 Å². The number of nitrogens with two attached hydrogens (primary N) is 2. The molecule has 0 saturated heterocycles. The molecule has 9 heteroatoms. The third-order valence-electron chi connectivity index (χ3n) is 5.78. The van der Waals surface area contributed by atoms with Gasteiger partial charge in [0, 0.05) is 24.2 Å². The number of carbonyl (C=O) groups excluding carboxylic acids is 2. The Morgan fingerprint density at radius 2 is 1.87 bits per heavy atom. The van der Waals surface area contributed by atoms with E-state index in [0.717, 1.165) is 29.5 Å². The minimum Gasteiger partial charge on any atom is -0.386 e. The average Bonchev–Trinajstić information content (AvgIpc) is 3.53. The predicted molar refractivity (Wildman–Crippen MR) is 116 cm³/mol. The van der Waals surface area contributed by atoms with Crippen LogP contribution in [0.15, 0.2) is 54.0 Å². The molecule has 1 aliphatic carbocycles. The minimum absolute atomic E-state index is 0.0810. The van der Waals surface area contributed by atoms with Gasteiger partial charge in [-0.1, -0.05) is 24.3 Å². The maximum absolute atomic E-state index is 12.6. The van der Waals surface area contributed by atoms with Crippen LogP contribution >= 0.6 is 0 Å². The third-order valence-corrected chi connectivity index (χ3v) is 5.78. The molecule has 9 nitrogen and oxygen atoms in total. The van der Waals surface area contributed by atoms with E-state index < -0.39 is 11.3 Å². The molecule has 0 unspecified atom stereocenters. The first-order chi connectivity index (χ1) is 14.9. The highest BCUT2D eigenvalue weighted by Crippen LogP contribution is 2.47. The average molecular weight is 417 g/mol. The number of amidine groups is 1. The van der Waals surface area contributed by atoms with Gasteiger partial charge in [-0.3, -0.25) is 9.48 Å². The van der Waals surface area contributed by atoms with Crippen molar-refractivity contribution >= 4 is 24.0 Å². The van der Waals surface area contributed by atoms with Crippen molar-refractivity contribution < 1.29 is 9.59 Å². The molecule has 4 N–H and O–H groups in total. The summed E-state index contributed by atoms with van der Waals surface area (Å²) in [5, 5.41) is 3.98. The summed E-state index contributed by atoms with van der Waals surface area (Å²) in [5.74, 6) is 0.337. The quantitative estimate of drug-likeness (QED) is 0.340. The van der Waals surface area contributed by atoms with Crippen molar-refractivity contribution in [1.82, 2.24) is 19.7 Å². The zero-order chi connectivity index (χ0) is 22.0. The Balaban J connectivity index is 1.61. The van der Waals surface area contributed by atoms with E-state index in [2.05, 4.69) is 20.1 Å². The van der Waals surface area contributed by atoms with E-state index in [0.29, 0.717) is 17.8 Å². The maximum atomic E-state index is 12.6. The van der Waals surface area contributed by atoms with Gasteiger partial charge in [0.25, 0.3) is 5.91 Å². The Morgan fingerprint density at radius 1 is 1.19 bits per heavy atom. The molecule has 158 valence electrons. The second kappa shape index (κ2) is 8.10. The first-order valence-corrected chi connectivity index (χ1v) is 9.95. The Morgan fingerprint density at radius 3 is 2.48 bits per heavy atom. The molecule has 4 rings (SSSR count). The number of benzene rings is 1. The summed E-state index contributed by atoms with van der Waals surface area (Å²) in [6.45, 7) is 2.10. The van der Waals surface area contributed by atoms with E-state index in [4.69, 9.17) is 11.5 Å². The van der Waals surface area contributed by atoms with Crippen molar-refractivity contribution in [1.29, 1.82) is 0 Å².